The SMILES string of the molecule is COC(=O)/C=C/CNC(=O)c1nn(-c2ccccc2)c2c1CCC2. The van der Waals surface area contributed by atoms with E-state index in [1.807, 2.05) is 35.0 Å². The van der Waals surface area contributed by atoms with Crippen molar-refractivity contribution in [1.29, 1.82) is 0 Å². The standard InChI is InChI=1S/C18H19N3O3/c1-24-16(22)11-6-12-19-18(23)17-14-9-5-10-15(14)21(20-17)13-7-3-2-4-8-13/h2-4,6-8,11H,5,9-10,12H2,1H3,(H,19,23)/b11-6+. The number of hydrogen-bond acceptors (Lipinski definition) is 4. The van der Waals surface area contributed by atoms with E-state index in [1.54, 1.807) is 6.08 Å². The van der Waals surface area contributed by atoms with E-state index >= 15 is 0 Å². The van der Waals surface area contributed by atoms with Crippen LogP contribution < -0.4 is 5.32 Å². The van der Waals surface area contributed by atoms with Gasteiger partial charge in [0, 0.05) is 23.9 Å². The van der Waals surface area contributed by atoms with E-state index in [0.29, 0.717) is 5.69 Å². The lowest BCUT2D eigenvalue weighted by molar-refractivity contribution is -0.134. The molecule has 1 amide bonds. The molecule has 24 heavy (non-hydrogen) atoms. The number of esters is 1. The zero-order valence-electron chi connectivity index (χ0n) is 13.5. The highest BCUT2D eigenvalue weighted by Crippen LogP contribution is 2.27. The van der Waals surface area contributed by atoms with Crippen LogP contribution in [-0.4, -0.2) is 35.3 Å². The predicted octanol–water partition coefficient (Wildman–Crippen LogP) is 1.82. The van der Waals surface area contributed by atoms with Crippen molar-refractivity contribution >= 4 is 11.9 Å². The summed E-state index contributed by atoms with van der Waals surface area (Å²) in [6.07, 6.45) is 5.66. The fourth-order valence-electron chi connectivity index (χ4n) is 2.86. The van der Waals surface area contributed by atoms with Crippen molar-refractivity contribution in [3.63, 3.8) is 0 Å². The van der Waals surface area contributed by atoms with Crippen LogP contribution in [0.3, 0.4) is 0 Å². The fraction of sp³-hybridized carbons (Fsp3) is 0.278. The Morgan fingerprint density at radius 3 is 2.83 bits per heavy atom. The molecule has 1 aliphatic rings. The maximum Gasteiger partial charge on any atom is 0.330 e. The third-order valence-corrected chi connectivity index (χ3v) is 3.98. The Morgan fingerprint density at radius 1 is 1.29 bits per heavy atom. The molecule has 1 aromatic heterocycles. The minimum Gasteiger partial charge on any atom is -0.466 e. The maximum absolute atomic E-state index is 12.4. The Kier molecular flexibility index (Phi) is 4.74. The van der Waals surface area contributed by atoms with Crippen molar-refractivity contribution in [1.82, 2.24) is 15.1 Å². The predicted molar refractivity (Wildman–Crippen MR) is 89.1 cm³/mol. The van der Waals surface area contributed by atoms with E-state index in [9.17, 15) is 9.59 Å². The summed E-state index contributed by atoms with van der Waals surface area (Å²) >= 11 is 0. The van der Waals surface area contributed by atoms with Gasteiger partial charge in [-0.2, -0.15) is 5.10 Å². The van der Waals surface area contributed by atoms with Gasteiger partial charge in [0.1, 0.15) is 0 Å². The zero-order valence-corrected chi connectivity index (χ0v) is 13.5. The number of methoxy groups -OCH3 is 1. The third kappa shape index (κ3) is 3.22. The average Bonchev–Trinajstić information content (AvgIpc) is 3.21. The Bertz CT molecular complexity index is 778. The highest BCUT2D eigenvalue weighted by atomic mass is 16.5. The van der Waals surface area contributed by atoms with Crippen molar-refractivity contribution < 1.29 is 14.3 Å². The van der Waals surface area contributed by atoms with Crippen LogP contribution in [0.1, 0.15) is 28.2 Å². The van der Waals surface area contributed by atoms with Crippen molar-refractivity contribution in [2.75, 3.05) is 13.7 Å². The molecule has 0 radical (unpaired) electrons. The molecular weight excluding hydrogens is 306 g/mol. The molecule has 0 aliphatic heterocycles. The van der Waals surface area contributed by atoms with Crippen LogP contribution in [0.5, 0.6) is 0 Å². The van der Waals surface area contributed by atoms with Crippen LogP contribution in [0.4, 0.5) is 0 Å². The number of aromatic nitrogens is 2. The molecule has 1 aliphatic carbocycles. The number of hydrogen-bond donors (Lipinski definition) is 1. The molecule has 6 heteroatoms. The van der Waals surface area contributed by atoms with Crippen molar-refractivity contribution in [3.05, 3.63) is 59.4 Å². The Hall–Kier alpha value is -2.89. The number of rotatable bonds is 5. The first-order valence-electron chi connectivity index (χ1n) is 7.89. The number of amides is 1. The van der Waals surface area contributed by atoms with Crippen LogP contribution in [-0.2, 0) is 22.4 Å². The number of ether oxygens (including phenoxy) is 1. The van der Waals surface area contributed by atoms with Crippen LogP contribution in [0.25, 0.3) is 5.69 Å². The number of carbonyl (C=O) groups excluding carboxylic acids is 2. The lowest BCUT2D eigenvalue weighted by atomic mass is 10.2. The molecule has 0 unspecified atom stereocenters. The number of para-hydroxylation sites is 1. The highest BCUT2D eigenvalue weighted by Gasteiger charge is 2.26. The molecule has 124 valence electrons. The van der Waals surface area contributed by atoms with Gasteiger partial charge in [0.05, 0.1) is 12.8 Å². The molecule has 2 aromatic rings. The second-order valence-corrected chi connectivity index (χ2v) is 5.51. The molecule has 0 bridgehead atoms. The molecular formula is C18H19N3O3. The van der Waals surface area contributed by atoms with Gasteiger partial charge in [-0.25, -0.2) is 9.48 Å². The molecule has 0 fully saturated rings. The molecule has 3 rings (SSSR count). The first-order chi connectivity index (χ1) is 11.7. The molecule has 0 spiro atoms. The van der Waals surface area contributed by atoms with E-state index in [-0.39, 0.29) is 12.5 Å². The maximum atomic E-state index is 12.4. The van der Waals surface area contributed by atoms with Gasteiger partial charge in [0.15, 0.2) is 5.69 Å². The molecule has 1 N–H and O–H groups in total. The summed E-state index contributed by atoms with van der Waals surface area (Å²) in [6.45, 7) is 0.251. The lowest BCUT2D eigenvalue weighted by Crippen LogP contribution is -2.25. The highest BCUT2D eigenvalue weighted by molar-refractivity contribution is 5.94. The Morgan fingerprint density at radius 2 is 2.08 bits per heavy atom. The van der Waals surface area contributed by atoms with E-state index < -0.39 is 5.97 Å². The van der Waals surface area contributed by atoms with Gasteiger partial charge in [0.2, 0.25) is 0 Å². The average molecular weight is 325 g/mol. The molecule has 1 aromatic carbocycles. The van der Waals surface area contributed by atoms with Crippen LogP contribution >= 0.6 is 0 Å². The lowest BCUT2D eigenvalue weighted by Gasteiger charge is -2.04. The zero-order chi connectivity index (χ0) is 16.9. The van der Waals surface area contributed by atoms with Crippen molar-refractivity contribution in [3.8, 4) is 5.69 Å². The minimum absolute atomic E-state index is 0.225. The van der Waals surface area contributed by atoms with Crippen LogP contribution in [0.15, 0.2) is 42.5 Å². The van der Waals surface area contributed by atoms with Crippen molar-refractivity contribution in [2.24, 2.45) is 0 Å². The van der Waals surface area contributed by atoms with Gasteiger partial charge in [-0.1, -0.05) is 24.3 Å². The molecule has 0 saturated carbocycles. The molecule has 1 heterocycles. The smallest absolute Gasteiger partial charge is 0.330 e. The summed E-state index contributed by atoms with van der Waals surface area (Å²) in [7, 11) is 1.31. The molecule has 6 nitrogen and oxygen atoms in total. The Balaban J connectivity index is 1.78. The summed E-state index contributed by atoms with van der Waals surface area (Å²) in [5.74, 6) is -0.671. The second kappa shape index (κ2) is 7.12. The van der Waals surface area contributed by atoms with Gasteiger partial charge in [-0.05, 0) is 31.4 Å². The number of carbonyl (C=O) groups is 2. The van der Waals surface area contributed by atoms with Gasteiger partial charge < -0.3 is 10.1 Å². The molecule has 0 atom stereocenters. The third-order valence-electron chi connectivity index (χ3n) is 3.98. The van der Waals surface area contributed by atoms with Gasteiger partial charge in [-0.3, -0.25) is 4.79 Å². The van der Waals surface area contributed by atoms with Gasteiger partial charge >= 0.3 is 5.97 Å². The van der Waals surface area contributed by atoms with E-state index in [1.165, 1.54) is 13.2 Å². The molecule has 0 saturated heterocycles. The topological polar surface area (TPSA) is 73.2 Å². The van der Waals surface area contributed by atoms with E-state index in [2.05, 4.69) is 15.2 Å². The van der Waals surface area contributed by atoms with Gasteiger partial charge in [0.25, 0.3) is 5.91 Å². The largest absolute Gasteiger partial charge is 0.466 e. The summed E-state index contributed by atoms with van der Waals surface area (Å²) in [5, 5.41) is 7.28. The second-order valence-electron chi connectivity index (χ2n) is 5.51. The van der Waals surface area contributed by atoms with Gasteiger partial charge in [-0.15, -0.1) is 0 Å². The normalized spacial score (nSPS) is 13.0. The summed E-state index contributed by atoms with van der Waals surface area (Å²) < 4.78 is 6.36. The van der Waals surface area contributed by atoms with Crippen molar-refractivity contribution in [2.45, 2.75) is 19.3 Å². The fourth-order valence-corrected chi connectivity index (χ4v) is 2.86. The summed E-state index contributed by atoms with van der Waals surface area (Å²) in [5.41, 5.74) is 3.56. The first kappa shape index (κ1) is 16.0. The number of nitrogens with zero attached hydrogens (tertiary/aromatic N) is 2. The number of nitrogens with one attached hydrogen (secondary N) is 1. The Labute approximate surface area is 140 Å². The quantitative estimate of drug-likeness (QED) is 0.672. The van der Waals surface area contributed by atoms with E-state index in [4.69, 9.17) is 0 Å². The van der Waals surface area contributed by atoms with Crippen LogP contribution in [0, 0.1) is 0 Å². The number of benzene rings is 1. The summed E-state index contributed by atoms with van der Waals surface area (Å²) in [6, 6.07) is 9.82. The minimum atomic E-state index is -0.446. The van der Waals surface area contributed by atoms with Crippen LogP contribution in [0.2, 0.25) is 0 Å². The first-order valence-corrected chi connectivity index (χ1v) is 7.89. The monoisotopic (exact) mass is 325 g/mol. The summed E-state index contributed by atoms with van der Waals surface area (Å²) in [4.78, 5) is 23.4. The number of fused-ring (bicyclic) bond motifs is 1. The van der Waals surface area contributed by atoms with E-state index in [0.717, 1.165) is 36.2 Å².